The lowest BCUT2D eigenvalue weighted by Crippen LogP contribution is -2.12. The van der Waals surface area contributed by atoms with Crippen LogP contribution in [0.1, 0.15) is 27.6 Å². The first kappa shape index (κ1) is 13.8. The molecule has 0 unspecified atom stereocenters. The Morgan fingerprint density at radius 3 is 2.68 bits per heavy atom. The summed E-state index contributed by atoms with van der Waals surface area (Å²) in [6.45, 7) is 1.46. The van der Waals surface area contributed by atoms with E-state index in [1.54, 1.807) is 36.4 Å². The van der Waals surface area contributed by atoms with Gasteiger partial charge in [-0.15, -0.1) is 0 Å². The zero-order chi connectivity index (χ0) is 15.7. The molecule has 2 aromatic carbocycles. The number of nitrogens with one attached hydrogen (secondary N) is 2. The van der Waals surface area contributed by atoms with Gasteiger partial charge in [0.15, 0.2) is 11.4 Å². The lowest BCUT2D eigenvalue weighted by atomic mass is 10.1. The van der Waals surface area contributed by atoms with Crippen molar-refractivity contribution in [3.8, 4) is 0 Å². The second-order valence-electron chi connectivity index (χ2n) is 4.82. The Labute approximate surface area is 124 Å². The van der Waals surface area contributed by atoms with E-state index in [4.69, 9.17) is 4.42 Å². The molecule has 0 bridgehead atoms. The molecule has 2 N–H and O–H groups in total. The molecule has 0 radical (unpaired) electrons. The normalized spacial score (nSPS) is 10.6. The number of aromatic amines is 1. The predicted molar refractivity (Wildman–Crippen MR) is 81.2 cm³/mol. The molecule has 3 rings (SSSR count). The molecule has 0 aliphatic carbocycles. The van der Waals surface area contributed by atoms with E-state index in [0.29, 0.717) is 27.9 Å². The van der Waals surface area contributed by atoms with E-state index in [2.05, 4.69) is 10.3 Å². The molecule has 1 amide bonds. The Morgan fingerprint density at radius 2 is 1.91 bits per heavy atom. The standard InChI is InChI=1S/C16H12N2O4/c1-9(19)10-3-2-4-12(7-10)17-15(20)11-5-6-13-14(8-11)22-16(21)18-13/h2-8H,1H3,(H,17,20)(H,18,21). The topological polar surface area (TPSA) is 92.2 Å². The number of carbonyl (C=O) groups is 2. The Balaban J connectivity index is 1.87. The number of ketones is 1. The van der Waals surface area contributed by atoms with Crippen molar-refractivity contribution in [1.29, 1.82) is 0 Å². The van der Waals surface area contributed by atoms with Crippen LogP contribution >= 0.6 is 0 Å². The van der Waals surface area contributed by atoms with E-state index < -0.39 is 5.76 Å². The summed E-state index contributed by atoms with van der Waals surface area (Å²) in [6.07, 6.45) is 0. The summed E-state index contributed by atoms with van der Waals surface area (Å²) in [6, 6.07) is 11.3. The van der Waals surface area contributed by atoms with E-state index in [9.17, 15) is 14.4 Å². The predicted octanol–water partition coefficient (Wildman–Crippen LogP) is 2.58. The summed E-state index contributed by atoms with van der Waals surface area (Å²) in [5.41, 5.74) is 2.23. The fraction of sp³-hybridized carbons (Fsp3) is 0.0625. The quantitative estimate of drug-likeness (QED) is 0.726. The number of aromatic nitrogens is 1. The lowest BCUT2D eigenvalue weighted by Gasteiger charge is -2.06. The second kappa shape index (κ2) is 5.33. The zero-order valence-electron chi connectivity index (χ0n) is 11.7. The van der Waals surface area contributed by atoms with Crippen LogP contribution in [-0.4, -0.2) is 16.7 Å². The molecule has 1 aromatic heterocycles. The molecule has 3 aromatic rings. The fourth-order valence-corrected chi connectivity index (χ4v) is 2.11. The number of Topliss-reactive ketones (excluding diaryl/α,β-unsaturated/α-hetero) is 1. The zero-order valence-corrected chi connectivity index (χ0v) is 11.7. The molecule has 22 heavy (non-hydrogen) atoms. The number of hydrogen-bond donors (Lipinski definition) is 2. The smallest absolute Gasteiger partial charge is 0.408 e. The van der Waals surface area contributed by atoms with Crippen molar-refractivity contribution < 1.29 is 14.0 Å². The second-order valence-corrected chi connectivity index (χ2v) is 4.82. The maximum absolute atomic E-state index is 12.2. The molecule has 6 nitrogen and oxygen atoms in total. The molecule has 0 fully saturated rings. The first-order valence-corrected chi connectivity index (χ1v) is 6.58. The highest BCUT2D eigenvalue weighted by Crippen LogP contribution is 2.16. The molecule has 0 atom stereocenters. The van der Waals surface area contributed by atoms with Gasteiger partial charge in [-0.3, -0.25) is 14.6 Å². The molecule has 110 valence electrons. The molecular weight excluding hydrogens is 284 g/mol. The van der Waals surface area contributed by atoms with E-state index in [1.807, 2.05) is 0 Å². The summed E-state index contributed by atoms with van der Waals surface area (Å²) >= 11 is 0. The van der Waals surface area contributed by atoms with Crippen LogP contribution in [-0.2, 0) is 0 Å². The van der Waals surface area contributed by atoms with Gasteiger partial charge in [-0.05, 0) is 37.3 Å². The average Bonchev–Trinajstić information content (AvgIpc) is 2.86. The maximum atomic E-state index is 12.2. The van der Waals surface area contributed by atoms with Crippen LogP contribution in [0.15, 0.2) is 51.7 Å². The minimum absolute atomic E-state index is 0.0772. The van der Waals surface area contributed by atoms with Gasteiger partial charge < -0.3 is 9.73 Å². The molecular formula is C16H12N2O4. The van der Waals surface area contributed by atoms with Crippen LogP contribution in [0, 0.1) is 0 Å². The van der Waals surface area contributed by atoms with Gasteiger partial charge in [-0.25, -0.2) is 4.79 Å². The number of oxazole rings is 1. The lowest BCUT2D eigenvalue weighted by molar-refractivity contribution is 0.101. The Morgan fingerprint density at radius 1 is 1.09 bits per heavy atom. The highest BCUT2D eigenvalue weighted by Gasteiger charge is 2.10. The highest BCUT2D eigenvalue weighted by atomic mass is 16.4. The monoisotopic (exact) mass is 296 g/mol. The summed E-state index contributed by atoms with van der Waals surface area (Å²) in [7, 11) is 0. The minimum Gasteiger partial charge on any atom is -0.408 e. The van der Waals surface area contributed by atoms with Gasteiger partial charge in [-0.2, -0.15) is 0 Å². The van der Waals surface area contributed by atoms with Crippen molar-refractivity contribution in [3.05, 3.63) is 64.1 Å². The summed E-state index contributed by atoms with van der Waals surface area (Å²) < 4.78 is 4.92. The summed E-state index contributed by atoms with van der Waals surface area (Å²) in [5, 5.41) is 2.70. The number of fused-ring (bicyclic) bond motifs is 1. The summed E-state index contributed by atoms with van der Waals surface area (Å²) in [5.74, 6) is -1.00. The van der Waals surface area contributed by atoms with Crippen molar-refractivity contribution >= 4 is 28.5 Å². The third kappa shape index (κ3) is 2.67. The van der Waals surface area contributed by atoms with Gasteiger partial charge in [0, 0.05) is 16.8 Å². The number of anilines is 1. The van der Waals surface area contributed by atoms with Gasteiger partial charge in [-0.1, -0.05) is 12.1 Å². The van der Waals surface area contributed by atoms with Crippen LogP contribution in [0.25, 0.3) is 11.1 Å². The Bertz CT molecular complexity index is 936. The van der Waals surface area contributed by atoms with E-state index in [-0.39, 0.29) is 11.7 Å². The van der Waals surface area contributed by atoms with Crippen LogP contribution in [0.5, 0.6) is 0 Å². The molecule has 0 aliphatic heterocycles. The molecule has 0 saturated heterocycles. The minimum atomic E-state index is -0.568. The number of amides is 1. The first-order chi connectivity index (χ1) is 10.5. The Kier molecular flexibility index (Phi) is 3.34. The number of rotatable bonds is 3. The van der Waals surface area contributed by atoms with Gasteiger partial charge in [0.25, 0.3) is 5.91 Å². The summed E-state index contributed by atoms with van der Waals surface area (Å²) in [4.78, 5) is 37.2. The molecule has 0 saturated carbocycles. The van der Waals surface area contributed by atoms with Crippen molar-refractivity contribution in [2.45, 2.75) is 6.92 Å². The van der Waals surface area contributed by atoms with E-state index in [1.165, 1.54) is 13.0 Å². The third-order valence-electron chi connectivity index (χ3n) is 3.21. The third-order valence-corrected chi connectivity index (χ3v) is 3.21. The van der Waals surface area contributed by atoms with Crippen molar-refractivity contribution in [3.63, 3.8) is 0 Å². The van der Waals surface area contributed by atoms with Crippen molar-refractivity contribution in [1.82, 2.24) is 4.98 Å². The van der Waals surface area contributed by atoms with Crippen LogP contribution in [0.3, 0.4) is 0 Å². The average molecular weight is 296 g/mol. The number of H-pyrrole nitrogens is 1. The van der Waals surface area contributed by atoms with Crippen LogP contribution < -0.4 is 11.1 Å². The van der Waals surface area contributed by atoms with E-state index in [0.717, 1.165) is 0 Å². The van der Waals surface area contributed by atoms with E-state index >= 15 is 0 Å². The molecule has 6 heteroatoms. The Hall–Kier alpha value is -3.15. The van der Waals surface area contributed by atoms with Gasteiger partial charge >= 0.3 is 5.76 Å². The largest absolute Gasteiger partial charge is 0.417 e. The number of carbonyl (C=O) groups excluding carboxylic acids is 2. The molecule has 0 aliphatic rings. The van der Waals surface area contributed by atoms with Crippen LogP contribution in [0.4, 0.5) is 5.69 Å². The van der Waals surface area contributed by atoms with Crippen LogP contribution in [0.2, 0.25) is 0 Å². The number of hydrogen-bond acceptors (Lipinski definition) is 4. The van der Waals surface area contributed by atoms with Gasteiger partial charge in [0.2, 0.25) is 0 Å². The highest BCUT2D eigenvalue weighted by molar-refractivity contribution is 6.06. The fourth-order valence-electron chi connectivity index (χ4n) is 2.11. The van der Waals surface area contributed by atoms with Gasteiger partial charge in [0.05, 0.1) is 5.52 Å². The first-order valence-electron chi connectivity index (χ1n) is 6.58. The van der Waals surface area contributed by atoms with Crippen molar-refractivity contribution in [2.24, 2.45) is 0 Å². The molecule has 0 spiro atoms. The van der Waals surface area contributed by atoms with Gasteiger partial charge in [0.1, 0.15) is 0 Å². The maximum Gasteiger partial charge on any atom is 0.417 e. The SMILES string of the molecule is CC(=O)c1cccc(NC(=O)c2ccc3[nH]c(=O)oc3c2)c1. The number of benzene rings is 2. The van der Waals surface area contributed by atoms with Crippen molar-refractivity contribution in [2.75, 3.05) is 5.32 Å². The molecule has 1 heterocycles.